The molecule has 1 aromatic carbocycles. The molecule has 2 unspecified atom stereocenters. The van der Waals surface area contributed by atoms with Gasteiger partial charge in [-0.2, -0.15) is 0 Å². The average molecular weight is 289 g/mol. The van der Waals surface area contributed by atoms with Gasteiger partial charge >= 0.3 is 0 Å². The molecule has 4 N–H and O–H groups in total. The Hall–Kier alpha value is -1.01. The van der Waals surface area contributed by atoms with Gasteiger partial charge in [0.25, 0.3) is 0 Å². The van der Waals surface area contributed by atoms with Crippen LogP contribution in [0.15, 0.2) is 12.1 Å². The topological polar surface area (TPSA) is 76.7 Å². The third-order valence-electron chi connectivity index (χ3n) is 2.95. The highest BCUT2D eigenvalue weighted by atomic mass is 35.5. The van der Waals surface area contributed by atoms with Gasteiger partial charge in [-0.05, 0) is 26.1 Å². The predicted molar refractivity (Wildman–Crippen MR) is 76.0 cm³/mol. The molecule has 0 fully saturated rings. The van der Waals surface area contributed by atoms with E-state index in [1.54, 1.807) is 12.1 Å². The van der Waals surface area contributed by atoms with Gasteiger partial charge in [0.2, 0.25) is 0 Å². The van der Waals surface area contributed by atoms with Crippen LogP contribution >= 0.6 is 11.6 Å². The third-order valence-corrected chi connectivity index (χ3v) is 3.28. The molecule has 0 aliphatic carbocycles. The first-order valence-electron chi connectivity index (χ1n) is 6.04. The molecule has 0 bridgehead atoms. The van der Waals surface area contributed by atoms with Crippen LogP contribution in [0.4, 0.5) is 0 Å². The number of aliphatic hydroxyl groups is 1. The summed E-state index contributed by atoms with van der Waals surface area (Å²) < 4.78 is 10.3. The summed E-state index contributed by atoms with van der Waals surface area (Å²) in [5.74, 6) is 1.04. The molecule has 0 spiro atoms. The summed E-state index contributed by atoms with van der Waals surface area (Å²) in [6.07, 6.45) is -0.205. The van der Waals surface area contributed by atoms with Crippen LogP contribution in [-0.4, -0.2) is 39.0 Å². The summed E-state index contributed by atoms with van der Waals surface area (Å²) in [6.45, 7) is 0.725. The summed E-state index contributed by atoms with van der Waals surface area (Å²) in [6, 6.07) is 2.87. The second kappa shape index (κ2) is 7.55. The summed E-state index contributed by atoms with van der Waals surface area (Å²) in [4.78, 5) is 0. The fraction of sp³-hybridized carbons (Fsp3) is 0.538. The minimum Gasteiger partial charge on any atom is -0.493 e. The standard InChI is InChI=1S/C13H21ClN2O3/c1-16-5-4-10(15)13(17)8-6-11(18-2)12(19-3)7-9(8)14/h6-7,10,13,16-17H,4-5,15H2,1-3H3. The lowest BCUT2D eigenvalue weighted by Crippen LogP contribution is -2.31. The van der Waals surface area contributed by atoms with E-state index in [1.807, 2.05) is 7.05 Å². The summed E-state index contributed by atoms with van der Waals surface area (Å²) in [5, 5.41) is 13.6. The third kappa shape index (κ3) is 3.98. The van der Waals surface area contributed by atoms with Crippen LogP contribution in [-0.2, 0) is 0 Å². The summed E-state index contributed by atoms with van der Waals surface area (Å²) in [7, 11) is 4.90. The van der Waals surface area contributed by atoms with Crippen LogP contribution in [0.25, 0.3) is 0 Å². The number of hydrogen-bond acceptors (Lipinski definition) is 5. The van der Waals surface area contributed by atoms with Crippen LogP contribution < -0.4 is 20.5 Å². The molecule has 6 heteroatoms. The molecule has 0 saturated heterocycles. The summed E-state index contributed by atoms with van der Waals surface area (Å²) >= 11 is 6.14. The number of rotatable bonds is 7. The van der Waals surface area contributed by atoms with Crippen LogP contribution in [0.2, 0.25) is 5.02 Å². The smallest absolute Gasteiger partial charge is 0.162 e. The molecule has 19 heavy (non-hydrogen) atoms. The van der Waals surface area contributed by atoms with Gasteiger partial charge in [0.1, 0.15) is 0 Å². The van der Waals surface area contributed by atoms with Crippen molar-refractivity contribution in [2.24, 2.45) is 5.73 Å². The maximum Gasteiger partial charge on any atom is 0.162 e. The van der Waals surface area contributed by atoms with Gasteiger partial charge in [0.05, 0.1) is 25.3 Å². The van der Waals surface area contributed by atoms with Crippen LogP contribution in [0.3, 0.4) is 0 Å². The summed E-state index contributed by atoms with van der Waals surface area (Å²) in [5.41, 5.74) is 6.49. The Bertz CT molecular complexity index is 415. The number of hydrogen-bond donors (Lipinski definition) is 3. The Morgan fingerprint density at radius 3 is 2.42 bits per heavy atom. The molecular formula is C13H21ClN2O3. The zero-order valence-electron chi connectivity index (χ0n) is 11.4. The fourth-order valence-electron chi connectivity index (χ4n) is 1.80. The predicted octanol–water partition coefficient (Wildman–Crippen LogP) is 1.33. The molecule has 0 aliphatic rings. The van der Waals surface area contributed by atoms with Crippen LogP contribution in [0.1, 0.15) is 18.1 Å². The van der Waals surface area contributed by atoms with Crippen molar-refractivity contribution >= 4 is 11.6 Å². The Morgan fingerprint density at radius 1 is 1.32 bits per heavy atom. The van der Waals surface area contributed by atoms with Crippen molar-refractivity contribution in [3.8, 4) is 11.5 Å². The molecule has 0 amide bonds. The van der Waals surface area contributed by atoms with E-state index in [-0.39, 0.29) is 0 Å². The number of ether oxygens (including phenoxy) is 2. The van der Waals surface area contributed by atoms with E-state index in [4.69, 9.17) is 26.8 Å². The Kier molecular flexibility index (Phi) is 6.37. The molecule has 5 nitrogen and oxygen atoms in total. The zero-order valence-corrected chi connectivity index (χ0v) is 12.2. The first-order chi connectivity index (χ1) is 9.04. The quantitative estimate of drug-likeness (QED) is 0.706. The largest absolute Gasteiger partial charge is 0.493 e. The van der Waals surface area contributed by atoms with E-state index >= 15 is 0 Å². The SMILES string of the molecule is CNCCC(N)C(O)c1cc(OC)c(OC)cc1Cl. The van der Waals surface area contributed by atoms with Gasteiger partial charge in [0.15, 0.2) is 11.5 Å². The van der Waals surface area contributed by atoms with Crippen molar-refractivity contribution in [1.82, 2.24) is 5.32 Å². The Labute approximate surface area is 118 Å². The highest BCUT2D eigenvalue weighted by Crippen LogP contribution is 2.36. The molecule has 2 atom stereocenters. The number of halogens is 1. The molecule has 0 radical (unpaired) electrons. The van der Waals surface area contributed by atoms with Gasteiger partial charge in [-0.1, -0.05) is 11.6 Å². The van der Waals surface area contributed by atoms with Gasteiger partial charge in [0, 0.05) is 17.7 Å². The maximum absolute atomic E-state index is 10.2. The number of benzene rings is 1. The minimum absolute atomic E-state index is 0.400. The van der Waals surface area contributed by atoms with E-state index in [0.29, 0.717) is 28.5 Å². The molecule has 108 valence electrons. The van der Waals surface area contributed by atoms with Gasteiger partial charge in [-0.25, -0.2) is 0 Å². The monoisotopic (exact) mass is 288 g/mol. The van der Waals surface area contributed by atoms with Crippen LogP contribution in [0.5, 0.6) is 11.5 Å². The minimum atomic E-state index is -0.847. The number of nitrogens with one attached hydrogen (secondary N) is 1. The molecular weight excluding hydrogens is 268 g/mol. The van der Waals surface area contributed by atoms with Gasteiger partial charge in [-0.3, -0.25) is 0 Å². The normalized spacial score (nSPS) is 14.0. The number of aliphatic hydroxyl groups excluding tert-OH is 1. The zero-order chi connectivity index (χ0) is 14.4. The highest BCUT2D eigenvalue weighted by Gasteiger charge is 2.21. The van der Waals surface area contributed by atoms with E-state index in [0.717, 1.165) is 6.54 Å². The lowest BCUT2D eigenvalue weighted by Gasteiger charge is -2.21. The first kappa shape index (κ1) is 16.0. The second-order valence-electron chi connectivity index (χ2n) is 4.23. The van der Waals surface area contributed by atoms with E-state index in [9.17, 15) is 5.11 Å². The van der Waals surface area contributed by atoms with Crippen LogP contribution in [0, 0.1) is 0 Å². The van der Waals surface area contributed by atoms with Crippen molar-refractivity contribution in [2.75, 3.05) is 27.8 Å². The Balaban J connectivity index is 2.99. The molecule has 1 rings (SSSR count). The Morgan fingerprint density at radius 2 is 1.89 bits per heavy atom. The van der Waals surface area contributed by atoms with Crippen molar-refractivity contribution in [3.05, 3.63) is 22.7 Å². The van der Waals surface area contributed by atoms with E-state index in [1.165, 1.54) is 14.2 Å². The molecule has 0 aliphatic heterocycles. The molecule has 1 aromatic rings. The average Bonchev–Trinajstić information content (AvgIpc) is 2.43. The molecule has 0 saturated carbocycles. The lowest BCUT2D eigenvalue weighted by molar-refractivity contribution is 0.142. The molecule has 0 aromatic heterocycles. The number of nitrogens with two attached hydrogens (primary N) is 1. The highest BCUT2D eigenvalue weighted by molar-refractivity contribution is 6.31. The van der Waals surface area contributed by atoms with Crippen molar-refractivity contribution in [1.29, 1.82) is 0 Å². The molecule has 0 heterocycles. The fourth-order valence-corrected chi connectivity index (χ4v) is 2.06. The van der Waals surface area contributed by atoms with Gasteiger partial charge in [-0.15, -0.1) is 0 Å². The van der Waals surface area contributed by atoms with Gasteiger partial charge < -0.3 is 25.6 Å². The van der Waals surface area contributed by atoms with E-state index in [2.05, 4.69) is 5.32 Å². The van der Waals surface area contributed by atoms with Crippen molar-refractivity contribution in [2.45, 2.75) is 18.6 Å². The van der Waals surface area contributed by atoms with Crippen molar-refractivity contribution < 1.29 is 14.6 Å². The van der Waals surface area contributed by atoms with Crippen molar-refractivity contribution in [3.63, 3.8) is 0 Å². The first-order valence-corrected chi connectivity index (χ1v) is 6.42. The number of methoxy groups -OCH3 is 2. The van der Waals surface area contributed by atoms with E-state index < -0.39 is 12.1 Å². The second-order valence-corrected chi connectivity index (χ2v) is 4.64. The lowest BCUT2D eigenvalue weighted by atomic mass is 10.00. The maximum atomic E-state index is 10.2.